The van der Waals surface area contributed by atoms with E-state index in [1.807, 2.05) is 0 Å². The van der Waals surface area contributed by atoms with Crippen LogP contribution in [0.3, 0.4) is 0 Å². The minimum Gasteiger partial charge on any atom is -0.462 e. The SMILES string of the molecule is CCCCCCCCCCCCCCCCCC(=O)O[C@H](COC(=O)CCCCCCCCCCCCC(C)CC)COP(=O)(O)OC[C@@H](O)COP(=O)(O)OC[C@@H](COC(=O)CCCCCCCCCCCC)OC(=O)CCCCCCCCCCCC. The highest BCUT2D eigenvalue weighted by atomic mass is 31.2. The van der Waals surface area contributed by atoms with Crippen molar-refractivity contribution in [1.29, 1.82) is 0 Å². The lowest BCUT2D eigenvalue weighted by molar-refractivity contribution is -0.161. The summed E-state index contributed by atoms with van der Waals surface area (Å²) in [7, 11) is -9.90. The molecule has 0 aliphatic carbocycles. The molecular formula is C70H136O17P2. The third-order valence-corrected chi connectivity index (χ3v) is 18.5. The summed E-state index contributed by atoms with van der Waals surface area (Å²) < 4.78 is 68.3. The van der Waals surface area contributed by atoms with Gasteiger partial charge in [0.2, 0.25) is 0 Å². The molecule has 0 aromatic rings. The van der Waals surface area contributed by atoms with Gasteiger partial charge < -0.3 is 33.8 Å². The van der Waals surface area contributed by atoms with Crippen LogP contribution in [0.25, 0.3) is 0 Å². The highest BCUT2D eigenvalue weighted by molar-refractivity contribution is 7.47. The van der Waals surface area contributed by atoms with E-state index in [0.717, 1.165) is 95.8 Å². The van der Waals surface area contributed by atoms with Gasteiger partial charge >= 0.3 is 39.5 Å². The molecule has 3 unspecified atom stereocenters. The topological polar surface area (TPSA) is 237 Å². The summed E-state index contributed by atoms with van der Waals surface area (Å²) in [6.07, 6.45) is 49.7. The van der Waals surface area contributed by atoms with Gasteiger partial charge in [-0.2, -0.15) is 0 Å². The highest BCUT2D eigenvalue weighted by Gasteiger charge is 2.30. The summed E-state index contributed by atoms with van der Waals surface area (Å²) in [5.74, 6) is -1.31. The molecule has 528 valence electrons. The normalized spacial score (nSPS) is 14.4. The molecule has 0 aromatic carbocycles. The van der Waals surface area contributed by atoms with Crippen LogP contribution in [0.15, 0.2) is 0 Å². The lowest BCUT2D eigenvalue weighted by Gasteiger charge is -2.21. The minimum atomic E-state index is -4.95. The molecule has 0 radical (unpaired) electrons. The molecule has 0 aromatic heterocycles. The van der Waals surface area contributed by atoms with Crippen LogP contribution in [0, 0.1) is 5.92 Å². The van der Waals surface area contributed by atoms with Crippen LogP contribution in [0.2, 0.25) is 0 Å². The molecule has 89 heavy (non-hydrogen) atoms. The van der Waals surface area contributed by atoms with Crippen LogP contribution in [0.5, 0.6) is 0 Å². The maximum absolute atomic E-state index is 13.0. The van der Waals surface area contributed by atoms with E-state index >= 15 is 0 Å². The van der Waals surface area contributed by atoms with E-state index < -0.39 is 97.5 Å². The van der Waals surface area contributed by atoms with Crippen LogP contribution in [-0.4, -0.2) is 96.7 Å². The van der Waals surface area contributed by atoms with Crippen molar-refractivity contribution in [2.75, 3.05) is 39.6 Å². The van der Waals surface area contributed by atoms with Crippen molar-refractivity contribution in [2.24, 2.45) is 5.92 Å². The minimum absolute atomic E-state index is 0.107. The van der Waals surface area contributed by atoms with Crippen LogP contribution >= 0.6 is 15.6 Å². The number of rotatable bonds is 70. The lowest BCUT2D eigenvalue weighted by atomic mass is 9.99. The van der Waals surface area contributed by atoms with Gasteiger partial charge in [0.05, 0.1) is 26.4 Å². The van der Waals surface area contributed by atoms with Crippen molar-refractivity contribution >= 4 is 39.5 Å². The second-order valence-corrected chi connectivity index (χ2v) is 28.4. The van der Waals surface area contributed by atoms with E-state index in [0.29, 0.717) is 25.7 Å². The molecule has 0 amide bonds. The van der Waals surface area contributed by atoms with Gasteiger partial charge in [-0.05, 0) is 31.6 Å². The van der Waals surface area contributed by atoms with Crippen molar-refractivity contribution in [3.63, 3.8) is 0 Å². The van der Waals surface area contributed by atoms with Crippen LogP contribution in [0.4, 0.5) is 0 Å². The number of carbonyl (C=O) groups excluding carboxylic acids is 4. The van der Waals surface area contributed by atoms with Gasteiger partial charge in [0, 0.05) is 25.7 Å². The van der Waals surface area contributed by atoms with Gasteiger partial charge in [0.1, 0.15) is 19.3 Å². The van der Waals surface area contributed by atoms with Gasteiger partial charge in [-0.3, -0.25) is 37.3 Å². The first kappa shape index (κ1) is 87.1. The first-order chi connectivity index (χ1) is 43.1. The van der Waals surface area contributed by atoms with Gasteiger partial charge in [-0.15, -0.1) is 0 Å². The molecule has 17 nitrogen and oxygen atoms in total. The average Bonchev–Trinajstić information content (AvgIpc) is 3.55. The fourth-order valence-corrected chi connectivity index (χ4v) is 12.2. The summed E-state index contributed by atoms with van der Waals surface area (Å²) in [4.78, 5) is 72.5. The van der Waals surface area contributed by atoms with Crippen LogP contribution in [0.1, 0.15) is 362 Å². The third-order valence-electron chi connectivity index (χ3n) is 16.6. The summed E-state index contributed by atoms with van der Waals surface area (Å²) in [5.41, 5.74) is 0. The predicted octanol–water partition coefficient (Wildman–Crippen LogP) is 20.1. The van der Waals surface area contributed by atoms with E-state index in [1.165, 1.54) is 186 Å². The molecule has 0 saturated carbocycles. The molecule has 0 bridgehead atoms. The quantitative estimate of drug-likeness (QED) is 0.0222. The van der Waals surface area contributed by atoms with E-state index in [9.17, 15) is 43.2 Å². The Balaban J connectivity index is 5.24. The van der Waals surface area contributed by atoms with Gasteiger partial charge in [0.15, 0.2) is 12.2 Å². The van der Waals surface area contributed by atoms with Crippen LogP contribution in [-0.2, 0) is 65.4 Å². The molecule has 19 heteroatoms. The average molecular weight is 1310 g/mol. The molecular weight excluding hydrogens is 1170 g/mol. The smallest absolute Gasteiger partial charge is 0.462 e. The first-order valence-corrected chi connectivity index (χ1v) is 39.7. The molecule has 6 atom stereocenters. The number of aliphatic hydroxyl groups excluding tert-OH is 1. The Kier molecular flexibility index (Phi) is 62.1. The van der Waals surface area contributed by atoms with Crippen LogP contribution < -0.4 is 0 Å². The number of carbonyl (C=O) groups is 4. The maximum Gasteiger partial charge on any atom is 0.472 e. The fraction of sp³-hybridized carbons (Fsp3) is 0.943. The number of unbranched alkanes of at least 4 members (excludes halogenated alkanes) is 41. The zero-order chi connectivity index (χ0) is 65.6. The Morgan fingerprint density at radius 1 is 0.315 bits per heavy atom. The number of esters is 4. The second-order valence-electron chi connectivity index (χ2n) is 25.5. The Labute approximate surface area is 543 Å². The molecule has 0 spiro atoms. The summed E-state index contributed by atoms with van der Waals surface area (Å²) in [6, 6.07) is 0. The van der Waals surface area contributed by atoms with Gasteiger partial charge in [-0.25, -0.2) is 9.13 Å². The first-order valence-electron chi connectivity index (χ1n) is 36.7. The Hall–Kier alpha value is -1.94. The van der Waals surface area contributed by atoms with Crippen molar-refractivity contribution in [2.45, 2.75) is 380 Å². The maximum atomic E-state index is 13.0. The molecule has 0 saturated heterocycles. The van der Waals surface area contributed by atoms with E-state index in [2.05, 4.69) is 34.6 Å². The number of ether oxygens (including phenoxy) is 4. The summed E-state index contributed by atoms with van der Waals surface area (Å²) >= 11 is 0. The molecule has 0 rings (SSSR count). The third kappa shape index (κ3) is 63.2. The Morgan fingerprint density at radius 3 is 0.798 bits per heavy atom. The van der Waals surface area contributed by atoms with E-state index in [1.54, 1.807) is 0 Å². The molecule has 0 heterocycles. The number of hydrogen-bond acceptors (Lipinski definition) is 15. The fourth-order valence-electron chi connectivity index (χ4n) is 10.6. The van der Waals surface area contributed by atoms with Crippen molar-refractivity contribution < 1.29 is 80.2 Å². The predicted molar refractivity (Wildman–Crippen MR) is 358 cm³/mol. The van der Waals surface area contributed by atoms with Crippen molar-refractivity contribution in [1.82, 2.24) is 0 Å². The Bertz CT molecular complexity index is 1720. The molecule has 3 N–H and O–H groups in total. The van der Waals surface area contributed by atoms with Crippen molar-refractivity contribution in [3.05, 3.63) is 0 Å². The number of aliphatic hydroxyl groups is 1. The summed E-state index contributed by atoms with van der Waals surface area (Å²) in [6.45, 7) is 7.26. The largest absolute Gasteiger partial charge is 0.472 e. The van der Waals surface area contributed by atoms with E-state index in [-0.39, 0.29) is 25.7 Å². The van der Waals surface area contributed by atoms with Gasteiger partial charge in [-0.1, -0.05) is 311 Å². The highest BCUT2D eigenvalue weighted by Crippen LogP contribution is 2.45. The van der Waals surface area contributed by atoms with Crippen molar-refractivity contribution in [3.8, 4) is 0 Å². The molecule has 0 aliphatic heterocycles. The second kappa shape index (κ2) is 63.5. The number of hydrogen-bond donors (Lipinski definition) is 3. The van der Waals surface area contributed by atoms with E-state index in [4.69, 9.17) is 37.0 Å². The number of phosphoric acid groups is 2. The summed E-state index contributed by atoms with van der Waals surface area (Å²) in [5, 5.41) is 10.6. The van der Waals surface area contributed by atoms with Gasteiger partial charge in [0.25, 0.3) is 0 Å². The molecule has 0 aliphatic rings. The zero-order valence-corrected chi connectivity index (χ0v) is 59.4. The zero-order valence-electron chi connectivity index (χ0n) is 57.6. The standard InChI is InChI=1S/C70H136O17P2/c1-6-10-13-16-19-22-25-26-27-28-29-36-41-46-51-56-70(75)87-66(60-81-68(73)54-49-44-39-35-31-30-32-37-42-47-52-63(5)9-4)62-85-89(78,79)83-58-64(71)57-82-88(76,77)84-61-65(86-69(74)55-50-45-40-34-24-21-18-15-12-8-3)59-80-67(72)53-48-43-38-33-23-20-17-14-11-7-2/h63-66,71H,6-62H2,1-5H3,(H,76,77)(H,78,79)/t63?,64-,65+,66+/m0/s1. The lowest BCUT2D eigenvalue weighted by Crippen LogP contribution is -2.30. The molecule has 0 fully saturated rings. The monoisotopic (exact) mass is 1310 g/mol. The number of phosphoric ester groups is 2. The Morgan fingerprint density at radius 2 is 0.539 bits per heavy atom.